The van der Waals surface area contributed by atoms with Crippen molar-refractivity contribution in [1.29, 1.82) is 5.41 Å². The number of amides is 2. The van der Waals surface area contributed by atoms with Crippen LogP contribution in [0, 0.1) is 18.2 Å². The van der Waals surface area contributed by atoms with Crippen LogP contribution >= 0.6 is 0 Å². The molecule has 0 spiro atoms. The molecule has 2 fully saturated rings. The Morgan fingerprint density at radius 1 is 1.18 bits per heavy atom. The molecule has 0 aromatic heterocycles. The Balaban J connectivity index is 1.37. The Kier molecular flexibility index (Phi) is 6.77. The molecule has 2 aliphatic rings. The van der Waals surface area contributed by atoms with E-state index in [0.29, 0.717) is 36.2 Å². The topological polar surface area (TPSA) is 102 Å². The molecule has 2 amide bonds. The van der Waals surface area contributed by atoms with E-state index in [2.05, 4.69) is 10.6 Å². The molecule has 1 saturated carbocycles. The predicted octanol–water partition coefficient (Wildman–Crippen LogP) is 3.17. The SMILES string of the molecule is CC(=O)C(=N)c1ccc(C)cc1NCC(=O)N1CCCC1C(=O)NC1CC1c1ccccc1F. The van der Waals surface area contributed by atoms with E-state index in [-0.39, 0.29) is 47.6 Å². The summed E-state index contributed by atoms with van der Waals surface area (Å²) in [5.74, 6) is -1.08. The lowest BCUT2D eigenvalue weighted by molar-refractivity contribution is -0.137. The number of nitrogens with one attached hydrogen (secondary N) is 3. The third kappa shape index (κ3) is 5.00. The normalized spacial score (nSPS) is 21.1. The number of anilines is 1. The van der Waals surface area contributed by atoms with Gasteiger partial charge in [-0.05, 0) is 49.4 Å². The second-order valence-electron chi connectivity index (χ2n) is 9.06. The van der Waals surface area contributed by atoms with Crippen molar-refractivity contribution in [2.24, 2.45) is 0 Å². The summed E-state index contributed by atoms with van der Waals surface area (Å²) in [7, 11) is 0. The number of halogens is 1. The van der Waals surface area contributed by atoms with Gasteiger partial charge in [0.25, 0.3) is 0 Å². The van der Waals surface area contributed by atoms with Crippen molar-refractivity contribution in [3.05, 3.63) is 65.0 Å². The van der Waals surface area contributed by atoms with E-state index < -0.39 is 6.04 Å². The monoisotopic (exact) mass is 464 g/mol. The van der Waals surface area contributed by atoms with Crippen molar-refractivity contribution < 1.29 is 18.8 Å². The zero-order valence-corrected chi connectivity index (χ0v) is 19.4. The maximum absolute atomic E-state index is 14.0. The minimum Gasteiger partial charge on any atom is -0.376 e. The highest BCUT2D eigenvalue weighted by atomic mass is 19.1. The maximum Gasteiger partial charge on any atom is 0.243 e. The first-order chi connectivity index (χ1) is 16.3. The van der Waals surface area contributed by atoms with Gasteiger partial charge in [-0.3, -0.25) is 19.8 Å². The van der Waals surface area contributed by atoms with Crippen LogP contribution in [0.15, 0.2) is 42.5 Å². The standard InChI is InChI=1S/C26H29FN4O3/c1-15-9-10-18(25(28)16(2)32)21(12-15)29-14-24(33)31-11-5-8-23(31)26(34)30-22-13-19(22)17-6-3-4-7-20(17)27/h3-4,6-7,9-10,12,19,22-23,28-29H,5,8,11,13-14H2,1-2H3,(H,30,34). The summed E-state index contributed by atoms with van der Waals surface area (Å²) in [4.78, 5) is 39.2. The molecule has 7 nitrogen and oxygen atoms in total. The number of likely N-dealkylation sites (tertiary alicyclic amines) is 1. The van der Waals surface area contributed by atoms with Crippen molar-refractivity contribution in [1.82, 2.24) is 10.2 Å². The summed E-state index contributed by atoms with van der Waals surface area (Å²) in [6.45, 7) is 3.67. The van der Waals surface area contributed by atoms with E-state index in [4.69, 9.17) is 5.41 Å². The van der Waals surface area contributed by atoms with Gasteiger partial charge in [-0.2, -0.15) is 0 Å². The molecule has 0 bridgehead atoms. The summed E-state index contributed by atoms with van der Waals surface area (Å²) in [5, 5.41) is 14.1. The molecule has 3 N–H and O–H groups in total. The van der Waals surface area contributed by atoms with Gasteiger partial charge in [-0.25, -0.2) is 4.39 Å². The molecule has 8 heteroatoms. The Morgan fingerprint density at radius 2 is 1.94 bits per heavy atom. The smallest absolute Gasteiger partial charge is 0.243 e. The first-order valence-electron chi connectivity index (χ1n) is 11.5. The summed E-state index contributed by atoms with van der Waals surface area (Å²) >= 11 is 0. The molecule has 3 atom stereocenters. The number of carbonyl (C=O) groups is 3. The van der Waals surface area contributed by atoms with E-state index in [0.717, 1.165) is 12.0 Å². The van der Waals surface area contributed by atoms with Crippen LogP contribution in [-0.4, -0.2) is 53.4 Å². The average Bonchev–Trinajstić information content (AvgIpc) is 3.37. The van der Waals surface area contributed by atoms with Gasteiger partial charge in [0.1, 0.15) is 17.6 Å². The molecule has 2 aromatic rings. The maximum atomic E-state index is 14.0. The van der Waals surface area contributed by atoms with Gasteiger partial charge in [-0.1, -0.05) is 30.3 Å². The Bertz CT molecular complexity index is 1150. The zero-order valence-electron chi connectivity index (χ0n) is 19.4. The van der Waals surface area contributed by atoms with E-state index in [1.807, 2.05) is 13.0 Å². The first kappa shape index (κ1) is 23.6. The number of Topliss-reactive ketones (excluding diaryl/α,β-unsaturated/α-hetero) is 1. The Morgan fingerprint density at radius 3 is 2.68 bits per heavy atom. The summed E-state index contributed by atoms with van der Waals surface area (Å²) in [6.07, 6.45) is 2.00. The van der Waals surface area contributed by atoms with Crippen molar-refractivity contribution in [2.75, 3.05) is 18.4 Å². The molecular formula is C26H29FN4O3. The van der Waals surface area contributed by atoms with Gasteiger partial charge in [0.15, 0.2) is 5.78 Å². The lowest BCUT2D eigenvalue weighted by Crippen LogP contribution is -2.48. The van der Waals surface area contributed by atoms with Gasteiger partial charge in [0.2, 0.25) is 11.8 Å². The van der Waals surface area contributed by atoms with Gasteiger partial charge in [-0.15, -0.1) is 0 Å². The summed E-state index contributed by atoms with van der Waals surface area (Å²) < 4.78 is 14.0. The lowest BCUT2D eigenvalue weighted by atomic mass is 10.0. The highest BCUT2D eigenvalue weighted by Gasteiger charge is 2.43. The van der Waals surface area contributed by atoms with E-state index in [9.17, 15) is 18.8 Å². The number of carbonyl (C=O) groups excluding carboxylic acids is 3. The van der Waals surface area contributed by atoms with Gasteiger partial charge in [0, 0.05) is 36.7 Å². The predicted molar refractivity (Wildman–Crippen MR) is 128 cm³/mol. The van der Waals surface area contributed by atoms with Crippen LogP contribution in [0.2, 0.25) is 0 Å². The van der Waals surface area contributed by atoms with Crippen molar-refractivity contribution >= 4 is 29.0 Å². The van der Waals surface area contributed by atoms with Crippen LogP contribution in [0.3, 0.4) is 0 Å². The zero-order chi connectivity index (χ0) is 24.4. The third-order valence-electron chi connectivity index (χ3n) is 6.53. The molecule has 1 aliphatic heterocycles. The van der Waals surface area contributed by atoms with E-state index in [1.165, 1.54) is 13.0 Å². The molecule has 1 saturated heterocycles. The van der Waals surface area contributed by atoms with Gasteiger partial charge >= 0.3 is 0 Å². The molecule has 1 aliphatic carbocycles. The fourth-order valence-corrected chi connectivity index (χ4v) is 4.58. The Labute approximate surface area is 198 Å². The molecule has 3 unspecified atom stereocenters. The van der Waals surface area contributed by atoms with Crippen LogP contribution in [0.5, 0.6) is 0 Å². The van der Waals surface area contributed by atoms with Crippen molar-refractivity contribution in [2.45, 2.75) is 51.1 Å². The van der Waals surface area contributed by atoms with Crippen LogP contribution in [0.1, 0.15) is 48.8 Å². The number of rotatable bonds is 8. The fraction of sp³-hybridized carbons (Fsp3) is 0.385. The van der Waals surface area contributed by atoms with Crippen molar-refractivity contribution in [3.8, 4) is 0 Å². The number of aryl methyl sites for hydroxylation is 1. The van der Waals surface area contributed by atoms with Crippen LogP contribution < -0.4 is 10.6 Å². The number of hydrogen-bond donors (Lipinski definition) is 3. The number of benzene rings is 2. The van der Waals surface area contributed by atoms with Crippen LogP contribution in [0.25, 0.3) is 0 Å². The second-order valence-corrected chi connectivity index (χ2v) is 9.06. The minimum atomic E-state index is -0.552. The third-order valence-corrected chi connectivity index (χ3v) is 6.53. The first-order valence-corrected chi connectivity index (χ1v) is 11.5. The molecule has 2 aromatic carbocycles. The van der Waals surface area contributed by atoms with Gasteiger partial charge < -0.3 is 15.5 Å². The molecule has 4 rings (SSSR count). The second kappa shape index (κ2) is 9.75. The Hall–Kier alpha value is -3.55. The van der Waals surface area contributed by atoms with Crippen LogP contribution in [0.4, 0.5) is 10.1 Å². The highest BCUT2D eigenvalue weighted by Crippen LogP contribution is 2.42. The summed E-state index contributed by atoms with van der Waals surface area (Å²) in [6, 6.07) is 11.2. The van der Waals surface area contributed by atoms with E-state index in [1.54, 1.807) is 35.2 Å². The quantitative estimate of drug-likeness (QED) is 0.522. The minimum absolute atomic E-state index is 0.0336. The molecule has 178 valence electrons. The number of hydrogen-bond acceptors (Lipinski definition) is 5. The molecule has 0 radical (unpaired) electrons. The molecule has 1 heterocycles. The number of ketones is 1. The highest BCUT2D eigenvalue weighted by molar-refractivity contribution is 6.45. The van der Waals surface area contributed by atoms with E-state index >= 15 is 0 Å². The molecular weight excluding hydrogens is 435 g/mol. The lowest BCUT2D eigenvalue weighted by Gasteiger charge is -2.25. The average molecular weight is 465 g/mol. The fourth-order valence-electron chi connectivity index (χ4n) is 4.58. The van der Waals surface area contributed by atoms with Gasteiger partial charge in [0.05, 0.1) is 6.54 Å². The summed E-state index contributed by atoms with van der Waals surface area (Å²) in [5.41, 5.74) is 2.40. The molecule has 34 heavy (non-hydrogen) atoms. The largest absolute Gasteiger partial charge is 0.376 e. The van der Waals surface area contributed by atoms with Crippen LogP contribution in [-0.2, 0) is 14.4 Å². The number of nitrogens with zero attached hydrogens (tertiary/aromatic N) is 1. The van der Waals surface area contributed by atoms with Crippen molar-refractivity contribution in [3.63, 3.8) is 0 Å².